The molecule has 0 aliphatic carbocycles. The van der Waals surface area contributed by atoms with E-state index in [-0.39, 0.29) is 5.91 Å². The molecular formula is C18H23N3O2. The molecule has 1 fully saturated rings. The first-order valence-electron chi connectivity index (χ1n) is 8.15. The van der Waals surface area contributed by atoms with Gasteiger partial charge in [-0.25, -0.2) is 4.98 Å². The van der Waals surface area contributed by atoms with Crippen LogP contribution >= 0.6 is 0 Å². The standard InChI is InChI=1S/C18H23N3O2/c1-13-16(23-17(20-13)15-6-4-3-5-7-15)18(22)21-10-8-14(9-11-21)12-19-2/h3-7,14,19H,8-12H2,1-2H3. The molecule has 1 saturated heterocycles. The van der Waals surface area contributed by atoms with Gasteiger partial charge in [0.15, 0.2) is 0 Å². The summed E-state index contributed by atoms with van der Waals surface area (Å²) in [6, 6.07) is 9.68. The van der Waals surface area contributed by atoms with E-state index in [9.17, 15) is 4.79 Å². The van der Waals surface area contributed by atoms with Crippen LogP contribution in [0.1, 0.15) is 29.1 Å². The molecule has 0 radical (unpaired) electrons. The van der Waals surface area contributed by atoms with E-state index in [2.05, 4.69) is 10.3 Å². The van der Waals surface area contributed by atoms with E-state index in [0.29, 0.717) is 23.3 Å². The van der Waals surface area contributed by atoms with Crippen LogP contribution in [0.4, 0.5) is 0 Å². The summed E-state index contributed by atoms with van der Waals surface area (Å²) in [5, 5.41) is 3.21. The second kappa shape index (κ2) is 6.96. The van der Waals surface area contributed by atoms with E-state index in [0.717, 1.165) is 38.0 Å². The highest BCUT2D eigenvalue weighted by Gasteiger charge is 2.27. The monoisotopic (exact) mass is 313 g/mol. The molecule has 0 bridgehead atoms. The number of carbonyl (C=O) groups excluding carboxylic acids is 1. The molecule has 0 atom stereocenters. The Labute approximate surface area is 136 Å². The number of piperidine rings is 1. The average molecular weight is 313 g/mol. The first-order valence-corrected chi connectivity index (χ1v) is 8.15. The second-order valence-electron chi connectivity index (χ2n) is 6.09. The molecule has 3 rings (SSSR count). The maximum absolute atomic E-state index is 12.7. The maximum atomic E-state index is 12.7. The molecule has 5 heteroatoms. The second-order valence-corrected chi connectivity index (χ2v) is 6.09. The molecule has 2 aromatic rings. The molecule has 23 heavy (non-hydrogen) atoms. The van der Waals surface area contributed by atoms with Crippen molar-refractivity contribution in [1.82, 2.24) is 15.2 Å². The van der Waals surface area contributed by atoms with Gasteiger partial charge in [0, 0.05) is 18.7 Å². The molecule has 0 spiro atoms. The van der Waals surface area contributed by atoms with Crippen LogP contribution in [-0.4, -0.2) is 42.5 Å². The van der Waals surface area contributed by atoms with Gasteiger partial charge in [0.1, 0.15) is 0 Å². The zero-order valence-electron chi connectivity index (χ0n) is 13.7. The number of carbonyl (C=O) groups is 1. The molecule has 5 nitrogen and oxygen atoms in total. The van der Waals surface area contributed by atoms with Crippen LogP contribution in [0.3, 0.4) is 0 Å². The quantitative estimate of drug-likeness (QED) is 0.943. The number of rotatable bonds is 4. The van der Waals surface area contributed by atoms with E-state index in [4.69, 9.17) is 4.42 Å². The Hall–Kier alpha value is -2.14. The highest BCUT2D eigenvalue weighted by molar-refractivity contribution is 5.93. The smallest absolute Gasteiger partial charge is 0.291 e. The van der Waals surface area contributed by atoms with Gasteiger partial charge in [0.25, 0.3) is 5.91 Å². The lowest BCUT2D eigenvalue weighted by molar-refractivity contribution is 0.0659. The van der Waals surface area contributed by atoms with Gasteiger partial charge in [-0.1, -0.05) is 18.2 Å². The average Bonchev–Trinajstić information content (AvgIpc) is 2.98. The summed E-state index contributed by atoms with van der Waals surface area (Å²) >= 11 is 0. The summed E-state index contributed by atoms with van der Waals surface area (Å²) in [5.74, 6) is 1.49. The van der Waals surface area contributed by atoms with Gasteiger partial charge in [0.2, 0.25) is 11.7 Å². The van der Waals surface area contributed by atoms with Crippen LogP contribution < -0.4 is 5.32 Å². The van der Waals surface area contributed by atoms with Crippen molar-refractivity contribution in [3.63, 3.8) is 0 Å². The molecule has 1 aliphatic heterocycles. The maximum Gasteiger partial charge on any atom is 0.291 e. The Bertz CT molecular complexity index is 658. The number of nitrogens with one attached hydrogen (secondary N) is 1. The van der Waals surface area contributed by atoms with Crippen molar-refractivity contribution in [3.8, 4) is 11.5 Å². The topological polar surface area (TPSA) is 58.4 Å². The van der Waals surface area contributed by atoms with E-state index >= 15 is 0 Å². The van der Waals surface area contributed by atoms with Gasteiger partial charge in [-0.3, -0.25) is 4.79 Å². The molecule has 2 heterocycles. The summed E-state index contributed by atoms with van der Waals surface area (Å²) < 4.78 is 5.78. The van der Waals surface area contributed by atoms with Gasteiger partial charge in [-0.15, -0.1) is 0 Å². The molecule has 1 amide bonds. The minimum atomic E-state index is -0.0416. The zero-order chi connectivity index (χ0) is 16.2. The number of aryl methyl sites for hydroxylation is 1. The van der Waals surface area contributed by atoms with Crippen LogP contribution in [0.2, 0.25) is 0 Å². The Kier molecular flexibility index (Phi) is 4.76. The lowest BCUT2D eigenvalue weighted by atomic mass is 9.96. The third kappa shape index (κ3) is 3.45. The van der Waals surface area contributed by atoms with Crippen LogP contribution in [-0.2, 0) is 0 Å². The first-order chi connectivity index (χ1) is 11.2. The Morgan fingerprint density at radius 1 is 1.30 bits per heavy atom. The predicted octanol–water partition coefficient (Wildman–Crippen LogP) is 2.72. The predicted molar refractivity (Wildman–Crippen MR) is 89.2 cm³/mol. The van der Waals surface area contributed by atoms with Crippen molar-refractivity contribution in [3.05, 3.63) is 41.8 Å². The molecule has 1 aromatic heterocycles. The minimum absolute atomic E-state index is 0.0416. The minimum Gasteiger partial charge on any atom is -0.431 e. The molecular weight excluding hydrogens is 290 g/mol. The molecule has 0 saturated carbocycles. The summed E-state index contributed by atoms with van der Waals surface area (Å²) in [6.07, 6.45) is 2.07. The number of oxazole rings is 1. The van der Waals surface area contributed by atoms with Crippen molar-refractivity contribution in [1.29, 1.82) is 0 Å². The van der Waals surface area contributed by atoms with Crippen molar-refractivity contribution in [2.24, 2.45) is 5.92 Å². The van der Waals surface area contributed by atoms with Crippen molar-refractivity contribution in [2.45, 2.75) is 19.8 Å². The fourth-order valence-corrected chi connectivity index (χ4v) is 3.07. The normalized spacial score (nSPS) is 15.8. The molecule has 122 valence electrons. The third-order valence-electron chi connectivity index (χ3n) is 4.41. The van der Waals surface area contributed by atoms with Gasteiger partial charge in [-0.05, 0) is 51.4 Å². The largest absolute Gasteiger partial charge is 0.431 e. The van der Waals surface area contributed by atoms with E-state index < -0.39 is 0 Å². The van der Waals surface area contributed by atoms with Crippen LogP contribution in [0, 0.1) is 12.8 Å². The highest BCUT2D eigenvalue weighted by Crippen LogP contribution is 2.24. The van der Waals surface area contributed by atoms with E-state index in [1.165, 1.54) is 0 Å². The Morgan fingerprint density at radius 3 is 2.65 bits per heavy atom. The third-order valence-corrected chi connectivity index (χ3v) is 4.41. The summed E-state index contributed by atoms with van der Waals surface area (Å²) in [6.45, 7) is 4.41. The van der Waals surface area contributed by atoms with Crippen LogP contribution in [0.25, 0.3) is 11.5 Å². The van der Waals surface area contributed by atoms with Gasteiger partial charge in [-0.2, -0.15) is 0 Å². The summed E-state index contributed by atoms with van der Waals surface area (Å²) in [5.41, 5.74) is 1.55. The summed E-state index contributed by atoms with van der Waals surface area (Å²) in [7, 11) is 1.97. The van der Waals surface area contributed by atoms with E-state index in [1.54, 1.807) is 0 Å². The van der Waals surface area contributed by atoms with Gasteiger partial charge < -0.3 is 14.6 Å². The van der Waals surface area contributed by atoms with Crippen molar-refractivity contribution >= 4 is 5.91 Å². The van der Waals surface area contributed by atoms with Crippen molar-refractivity contribution < 1.29 is 9.21 Å². The number of hydrogen-bond acceptors (Lipinski definition) is 4. The number of benzene rings is 1. The van der Waals surface area contributed by atoms with Crippen molar-refractivity contribution in [2.75, 3.05) is 26.7 Å². The Balaban J connectivity index is 1.72. The van der Waals surface area contributed by atoms with Gasteiger partial charge >= 0.3 is 0 Å². The van der Waals surface area contributed by atoms with E-state index in [1.807, 2.05) is 49.2 Å². The number of aromatic nitrogens is 1. The fraction of sp³-hybridized carbons (Fsp3) is 0.444. The van der Waals surface area contributed by atoms with Crippen LogP contribution in [0.15, 0.2) is 34.7 Å². The molecule has 1 aliphatic rings. The summed E-state index contributed by atoms with van der Waals surface area (Å²) in [4.78, 5) is 19.0. The molecule has 1 aromatic carbocycles. The number of amides is 1. The zero-order valence-corrected chi connectivity index (χ0v) is 13.7. The fourth-order valence-electron chi connectivity index (χ4n) is 3.07. The Morgan fingerprint density at radius 2 is 2.00 bits per heavy atom. The highest BCUT2D eigenvalue weighted by atomic mass is 16.4. The number of nitrogens with zero attached hydrogens (tertiary/aromatic N) is 2. The molecule has 1 N–H and O–H groups in total. The first kappa shape index (κ1) is 15.7. The van der Waals surface area contributed by atoms with Crippen LogP contribution in [0.5, 0.6) is 0 Å². The number of hydrogen-bond donors (Lipinski definition) is 1. The molecule has 0 unspecified atom stereocenters. The van der Waals surface area contributed by atoms with Gasteiger partial charge in [0.05, 0.1) is 5.69 Å². The SMILES string of the molecule is CNCC1CCN(C(=O)c2oc(-c3ccccc3)nc2C)CC1. The lowest BCUT2D eigenvalue weighted by Crippen LogP contribution is -2.40. The lowest BCUT2D eigenvalue weighted by Gasteiger charge is -2.31. The number of likely N-dealkylation sites (tertiary alicyclic amines) is 1.